The van der Waals surface area contributed by atoms with Gasteiger partial charge in [0.15, 0.2) is 0 Å². The molecule has 6 heterocycles. The zero-order chi connectivity index (χ0) is 39.5. The minimum Gasteiger partial charge on any atom is -0.443 e. The number of primary amides is 1. The lowest BCUT2D eigenvalue weighted by molar-refractivity contribution is -0.174. The van der Waals surface area contributed by atoms with E-state index in [-0.39, 0.29) is 35.3 Å². The molecule has 9 rings (SSSR count). The molecule has 0 aliphatic carbocycles. The van der Waals surface area contributed by atoms with Gasteiger partial charge in [0, 0.05) is 43.5 Å². The van der Waals surface area contributed by atoms with E-state index in [0.717, 1.165) is 80.7 Å². The number of rotatable bonds is 10. The Morgan fingerprint density at radius 3 is 2.11 bits per heavy atom. The molecule has 2 unspecified atom stereocenters. The fourth-order valence-electron chi connectivity index (χ4n) is 9.86. The summed E-state index contributed by atoms with van der Waals surface area (Å²) in [6.07, 6.45) is 3.08. The zero-order valence-corrected chi connectivity index (χ0v) is 34.3. The van der Waals surface area contributed by atoms with Gasteiger partial charge >= 0.3 is 6.09 Å². The van der Waals surface area contributed by atoms with Gasteiger partial charge in [-0.15, -0.1) is 0 Å². The molecular formula is C44H52BrFN4O7. The van der Waals surface area contributed by atoms with Crippen molar-refractivity contribution in [2.75, 3.05) is 46.0 Å². The third kappa shape index (κ3) is 7.65. The molecule has 3 aromatic carbocycles. The summed E-state index contributed by atoms with van der Waals surface area (Å²) in [7, 11) is 0. The molecule has 6 aliphatic heterocycles. The fourth-order valence-corrected chi connectivity index (χ4v) is 10.2. The van der Waals surface area contributed by atoms with E-state index in [2.05, 4.69) is 61.4 Å². The first kappa shape index (κ1) is 39.1. The molecule has 2 spiro atoms. The van der Waals surface area contributed by atoms with E-state index in [4.69, 9.17) is 29.4 Å². The van der Waals surface area contributed by atoms with Crippen LogP contribution in [0.1, 0.15) is 73.8 Å². The molecule has 11 nitrogen and oxygen atoms in total. The number of benzene rings is 3. The number of ether oxygens (including phenoxy) is 5. The lowest BCUT2D eigenvalue weighted by Crippen LogP contribution is -2.61. The van der Waals surface area contributed by atoms with Gasteiger partial charge in [-0.1, -0.05) is 46.3 Å². The van der Waals surface area contributed by atoms with E-state index in [1.165, 1.54) is 28.3 Å². The summed E-state index contributed by atoms with van der Waals surface area (Å²) in [5.41, 5.74) is 11.1. The number of nitrogens with zero attached hydrogens (tertiary/aromatic N) is 2. The van der Waals surface area contributed by atoms with Gasteiger partial charge in [-0.25, -0.2) is 9.18 Å². The van der Waals surface area contributed by atoms with Crippen LogP contribution in [0.2, 0.25) is 0 Å². The second-order valence-electron chi connectivity index (χ2n) is 17.4. The summed E-state index contributed by atoms with van der Waals surface area (Å²) in [4.78, 5) is 30.7. The molecule has 4 fully saturated rings. The van der Waals surface area contributed by atoms with E-state index in [9.17, 15) is 9.59 Å². The Bertz CT molecular complexity index is 2030. The Hall–Kier alpha value is -3.43. The Morgan fingerprint density at radius 2 is 1.51 bits per heavy atom. The van der Waals surface area contributed by atoms with E-state index < -0.39 is 29.5 Å². The molecule has 4 saturated heterocycles. The summed E-state index contributed by atoms with van der Waals surface area (Å²) in [6.45, 7) is 10.8. The van der Waals surface area contributed by atoms with Crippen molar-refractivity contribution in [3.8, 4) is 11.1 Å². The van der Waals surface area contributed by atoms with E-state index in [1.54, 1.807) is 6.07 Å². The van der Waals surface area contributed by atoms with Crippen LogP contribution >= 0.6 is 15.9 Å². The van der Waals surface area contributed by atoms with Crippen LogP contribution in [0.4, 0.5) is 9.18 Å². The van der Waals surface area contributed by atoms with Crippen LogP contribution in [-0.4, -0.2) is 97.6 Å². The summed E-state index contributed by atoms with van der Waals surface area (Å²) in [6, 6.07) is 17.2. The third-order valence-electron chi connectivity index (χ3n) is 13.4. The van der Waals surface area contributed by atoms with Crippen LogP contribution in [0.3, 0.4) is 0 Å². The van der Waals surface area contributed by atoms with Crippen molar-refractivity contribution in [2.24, 2.45) is 5.73 Å². The number of hydrogen-bond acceptors (Lipinski definition) is 9. The van der Waals surface area contributed by atoms with Crippen LogP contribution in [0.15, 0.2) is 59.1 Å². The van der Waals surface area contributed by atoms with Crippen LogP contribution < -0.4 is 11.1 Å². The van der Waals surface area contributed by atoms with Crippen molar-refractivity contribution in [3.63, 3.8) is 0 Å². The number of hydrogen-bond donors (Lipinski definition) is 2. The molecule has 0 bridgehead atoms. The summed E-state index contributed by atoms with van der Waals surface area (Å²) in [5.74, 6) is -1.26. The first-order valence-electron chi connectivity index (χ1n) is 20.3. The summed E-state index contributed by atoms with van der Waals surface area (Å²) >= 11 is 3.63. The van der Waals surface area contributed by atoms with Crippen molar-refractivity contribution in [1.82, 2.24) is 15.1 Å². The Labute approximate surface area is 341 Å². The molecule has 2 amide bonds. The first-order chi connectivity index (χ1) is 27.4. The molecule has 13 heteroatoms. The predicted molar refractivity (Wildman–Crippen MR) is 214 cm³/mol. The third-order valence-corrected chi connectivity index (χ3v) is 13.9. The smallest absolute Gasteiger partial charge is 0.408 e. The molecule has 0 radical (unpaired) electrons. The van der Waals surface area contributed by atoms with Crippen LogP contribution in [0.5, 0.6) is 0 Å². The topological polar surface area (TPSA) is 125 Å². The number of nitrogens with two attached hydrogens (primary N) is 1. The molecule has 3 atom stereocenters. The number of halogens is 2. The van der Waals surface area contributed by atoms with E-state index in [0.29, 0.717) is 32.3 Å². The minimum absolute atomic E-state index is 0.114. The maximum Gasteiger partial charge on any atom is 0.408 e. The van der Waals surface area contributed by atoms with Gasteiger partial charge < -0.3 is 34.7 Å². The lowest BCUT2D eigenvalue weighted by atomic mass is 9.82. The number of amides is 2. The van der Waals surface area contributed by atoms with Gasteiger partial charge in [0.2, 0.25) is 5.91 Å². The zero-order valence-electron chi connectivity index (χ0n) is 32.7. The second kappa shape index (κ2) is 15.3. The minimum atomic E-state index is -1.17. The molecule has 6 aliphatic rings. The van der Waals surface area contributed by atoms with E-state index in [1.807, 2.05) is 26.0 Å². The van der Waals surface area contributed by atoms with E-state index >= 15 is 4.39 Å². The highest BCUT2D eigenvalue weighted by molar-refractivity contribution is 9.10. The number of nitrogens with one attached hydrogen (secondary N) is 1. The number of likely N-dealkylation sites (tertiary alicyclic amines) is 2. The number of piperidine rings is 2. The first-order valence-corrected chi connectivity index (χ1v) is 21.1. The molecule has 3 aromatic rings. The van der Waals surface area contributed by atoms with Gasteiger partial charge in [-0.3, -0.25) is 14.6 Å². The highest BCUT2D eigenvalue weighted by Gasteiger charge is 2.48. The number of carbonyl (C=O) groups is 2. The number of fused-ring (bicyclic) bond motifs is 4. The fraction of sp³-hybridized carbons (Fsp3) is 0.545. The van der Waals surface area contributed by atoms with Crippen molar-refractivity contribution in [3.05, 3.63) is 92.7 Å². The molecule has 3 N–H and O–H groups in total. The van der Waals surface area contributed by atoms with Crippen molar-refractivity contribution >= 4 is 27.9 Å². The Morgan fingerprint density at radius 1 is 0.895 bits per heavy atom. The average molecular weight is 848 g/mol. The highest BCUT2D eigenvalue weighted by Crippen LogP contribution is 2.47. The van der Waals surface area contributed by atoms with Gasteiger partial charge in [0.1, 0.15) is 17.5 Å². The van der Waals surface area contributed by atoms with Gasteiger partial charge in [-0.2, -0.15) is 0 Å². The maximum absolute atomic E-state index is 15.7. The molecule has 0 aromatic heterocycles. The molecular weight excluding hydrogens is 795 g/mol. The van der Waals surface area contributed by atoms with Crippen molar-refractivity contribution in [1.29, 1.82) is 0 Å². The van der Waals surface area contributed by atoms with Crippen LogP contribution in [0.25, 0.3) is 11.1 Å². The summed E-state index contributed by atoms with van der Waals surface area (Å²) < 4.78 is 46.9. The lowest BCUT2D eigenvalue weighted by Gasteiger charge is -2.50. The van der Waals surface area contributed by atoms with Gasteiger partial charge in [-0.05, 0) is 103 Å². The quantitative estimate of drug-likeness (QED) is 0.251. The molecule has 0 saturated carbocycles. The highest BCUT2D eigenvalue weighted by atomic mass is 79.9. The number of carbonyl (C=O) groups excluding carboxylic acids is 2. The SMILES string of the molecule is CC(C)(CC1OCC1N1CCC2(CC1)OCc1ccc(Br)cc12)OC(=O)N[C@@H](Cc1ccc(-c2ccc3c(c2)C2(CCN(C4COC4)CC2)OC3)cc1F)C(N)=O. The Balaban J connectivity index is 0.787. The van der Waals surface area contributed by atoms with Crippen LogP contribution in [0, 0.1) is 5.82 Å². The second-order valence-corrected chi connectivity index (χ2v) is 18.3. The number of alkyl carbamates (subject to hydrolysis) is 1. The monoisotopic (exact) mass is 846 g/mol. The Kier molecular flexibility index (Phi) is 10.5. The molecule has 304 valence electrons. The largest absolute Gasteiger partial charge is 0.443 e. The van der Waals surface area contributed by atoms with Gasteiger partial charge in [0.05, 0.1) is 62.4 Å². The summed E-state index contributed by atoms with van der Waals surface area (Å²) in [5, 5.41) is 2.60. The van der Waals surface area contributed by atoms with Crippen LogP contribution in [-0.2, 0) is 59.3 Å². The van der Waals surface area contributed by atoms with Crippen molar-refractivity contribution in [2.45, 2.75) is 107 Å². The van der Waals surface area contributed by atoms with Gasteiger partial charge in [0.25, 0.3) is 0 Å². The predicted octanol–water partition coefficient (Wildman–Crippen LogP) is 6.06. The maximum atomic E-state index is 15.7. The van der Waals surface area contributed by atoms with Crippen molar-refractivity contribution < 1.29 is 37.7 Å². The average Bonchev–Trinajstić information content (AvgIpc) is 3.68. The standard InChI is InChI=1S/C44H52BrFN4O7/c1-42(2,21-39-38(26-54-39)50-15-11-44(12-16-50)35-20-32(45)8-7-31(35)23-56-44)57-41(52)48-37(40(47)51)19-29-5-3-28(18-36(29)46)27-4-6-30-22-55-43(34(30)17-27)9-13-49(14-10-43)33-24-53-25-33/h3-8,17-18,20,33,37-39H,9-16,19,21-26H2,1-2H3,(H2,47,51)(H,48,52)/t37-,38?,39?/m0/s1. The molecule has 57 heavy (non-hydrogen) atoms. The normalized spacial score (nSPS) is 24.7.